The van der Waals surface area contributed by atoms with Crippen molar-refractivity contribution < 1.29 is 9.18 Å². The fraction of sp³-hybridized carbons (Fsp3) is 0.263. The molecule has 0 spiro atoms. The first kappa shape index (κ1) is 19.4. The molecule has 0 aliphatic heterocycles. The molecule has 5 nitrogen and oxygen atoms in total. The normalized spacial score (nSPS) is 11.0. The van der Waals surface area contributed by atoms with E-state index in [1.807, 2.05) is 32.4 Å². The third-order valence-electron chi connectivity index (χ3n) is 3.88. The summed E-state index contributed by atoms with van der Waals surface area (Å²) in [5.74, 6) is 0.324. The minimum atomic E-state index is -0.299. The van der Waals surface area contributed by atoms with E-state index in [9.17, 15) is 9.18 Å². The van der Waals surface area contributed by atoms with Gasteiger partial charge < -0.3 is 0 Å². The molecule has 0 fully saturated rings. The first-order valence-corrected chi connectivity index (χ1v) is 10.4. The molecule has 0 atom stereocenters. The zero-order chi connectivity index (χ0) is 19.6. The van der Waals surface area contributed by atoms with Gasteiger partial charge in [-0.2, -0.15) is 0 Å². The number of hydrogen-bond donors (Lipinski definition) is 1. The van der Waals surface area contributed by atoms with Crippen LogP contribution in [0.1, 0.15) is 41.6 Å². The summed E-state index contributed by atoms with van der Waals surface area (Å²) in [5.41, 5.74) is 2.58. The second kappa shape index (κ2) is 8.14. The van der Waals surface area contributed by atoms with E-state index in [4.69, 9.17) is 0 Å². The van der Waals surface area contributed by atoms with Crippen LogP contribution in [0, 0.1) is 12.7 Å². The lowest BCUT2D eigenvalue weighted by Gasteiger charge is -2.12. The number of rotatable bonds is 5. The summed E-state index contributed by atoms with van der Waals surface area (Å²) in [6.45, 7) is 5.85. The second-order valence-corrected chi connectivity index (χ2v) is 7.86. The van der Waals surface area contributed by atoms with Crippen molar-refractivity contribution in [3.05, 3.63) is 52.5 Å². The summed E-state index contributed by atoms with van der Waals surface area (Å²) in [7, 11) is 0. The maximum Gasteiger partial charge on any atom is 0.262 e. The Morgan fingerprint density at radius 2 is 1.89 bits per heavy atom. The molecule has 1 amide bonds. The molecule has 0 aliphatic rings. The number of halogens is 1. The number of thiazole rings is 1. The Kier molecular flexibility index (Phi) is 5.86. The molecule has 0 saturated carbocycles. The fourth-order valence-corrected chi connectivity index (χ4v) is 3.82. The highest BCUT2D eigenvalue weighted by Gasteiger charge is 2.20. The number of carbonyl (C=O) groups excluding carboxylic acids is 1. The minimum Gasteiger partial charge on any atom is -0.298 e. The quantitative estimate of drug-likeness (QED) is 0.472. The lowest BCUT2D eigenvalue weighted by Crippen LogP contribution is -2.17. The van der Waals surface area contributed by atoms with Crippen molar-refractivity contribution >= 4 is 34.1 Å². The molecule has 0 unspecified atom stereocenters. The van der Waals surface area contributed by atoms with Crippen LogP contribution in [-0.4, -0.2) is 27.1 Å². The average Bonchev–Trinajstić information content (AvgIpc) is 3.09. The number of nitrogens with one attached hydrogen (secondary N) is 1. The van der Waals surface area contributed by atoms with E-state index in [2.05, 4.69) is 20.3 Å². The molecule has 1 aromatic carbocycles. The van der Waals surface area contributed by atoms with Gasteiger partial charge in [0.2, 0.25) is 0 Å². The average molecular weight is 403 g/mol. The van der Waals surface area contributed by atoms with E-state index in [0.717, 1.165) is 11.4 Å². The van der Waals surface area contributed by atoms with Crippen LogP contribution in [0.4, 0.5) is 9.52 Å². The van der Waals surface area contributed by atoms with Crippen LogP contribution in [-0.2, 0) is 0 Å². The number of aryl methyl sites for hydroxylation is 1. The molecule has 1 N–H and O–H groups in total. The zero-order valence-corrected chi connectivity index (χ0v) is 17.0. The predicted octanol–water partition coefficient (Wildman–Crippen LogP) is 5.15. The van der Waals surface area contributed by atoms with E-state index in [1.165, 1.54) is 35.2 Å². The van der Waals surface area contributed by atoms with Crippen LogP contribution in [0.25, 0.3) is 11.3 Å². The molecule has 3 aromatic rings. The lowest BCUT2D eigenvalue weighted by molar-refractivity contribution is 0.102. The highest BCUT2D eigenvalue weighted by molar-refractivity contribution is 7.98. The van der Waals surface area contributed by atoms with E-state index in [1.54, 1.807) is 12.1 Å². The number of anilines is 1. The molecule has 27 heavy (non-hydrogen) atoms. The molecule has 0 radical (unpaired) electrons. The highest BCUT2D eigenvalue weighted by Crippen LogP contribution is 2.27. The molecule has 140 valence electrons. The van der Waals surface area contributed by atoms with Crippen LogP contribution in [0.5, 0.6) is 0 Å². The third kappa shape index (κ3) is 4.33. The Hall–Kier alpha value is -2.32. The number of benzene rings is 1. The Bertz CT molecular complexity index is 970. The summed E-state index contributed by atoms with van der Waals surface area (Å²) < 4.78 is 13.1. The van der Waals surface area contributed by atoms with Crippen molar-refractivity contribution in [3.63, 3.8) is 0 Å². The number of amides is 1. The first-order chi connectivity index (χ1) is 12.9. The van der Waals surface area contributed by atoms with Gasteiger partial charge in [0, 0.05) is 16.9 Å². The van der Waals surface area contributed by atoms with Gasteiger partial charge in [0.15, 0.2) is 5.13 Å². The minimum absolute atomic E-state index is 0.184. The fourth-order valence-electron chi connectivity index (χ4n) is 2.48. The number of thioether (sulfide) groups is 1. The second-order valence-electron chi connectivity index (χ2n) is 6.21. The standard InChI is InChI=1S/C19H19FN4OS2/c1-10(2)16-21-11(3)15(18(23-16)26-4)17(25)24-19-22-14(9-27-19)12-5-7-13(20)8-6-12/h5-10H,1-4H3,(H,22,24,25). The number of nitrogens with zero attached hydrogens (tertiary/aromatic N) is 3. The van der Waals surface area contributed by atoms with Crippen LogP contribution in [0.15, 0.2) is 34.7 Å². The Morgan fingerprint density at radius 3 is 2.52 bits per heavy atom. The summed E-state index contributed by atoms with van der Waals surface area (Å²) in [4.78, 5) is 26.2. The Balaban J connectivity index is 1.85. The maximum atomic E-state index is 13.1. The Morgan fingerprint density at radius 1 is 1.19 bits per heavy atom. The van der Waals surface area contributed by atoms with Gasteiger partial charge in [-0.3, -0.25) is 10.1 Å². The molecule has 2 heterocycles. The molecular weight excluding hydrogens is 383 g/mol. The van der Waals surface area contributed by atoms with Gasteiger partial charge in [0.05, 0.1) is 17.0 Å². The summed E-state index contributed by atoms with van der Waals surface area (Å²) >= 11 is 2.73. The Labute approximate surface area is 165 Å². The van der Waals surface area contributed by atoms with Crippen LogP contribution in [0.2, 0.25) is 0 Å². The molecule has 2 aromatic heterocycles. The van der Waals surface area contributed by atoms with E-state index in [-0.39, 0.29) is 17.6 Å². The van der Waals surface area contributed by atoms with Crippen molar-refractivity contribution in [3.8, 4) is 11.3 Å². The van der Waals surface area contributed by atoms with E-state index >= 15 is 0 Å². The van der Waals surface area contributed by atoms with E-state index in [0.29, 0.717) is 27.1 Å². The maximum absolute atomic E-state index is 13.1. The summed E-state index contributed by atoms with van der Waals surface area (Å²) in [5, 5.41) is 5.77. The van der Waals surface area contributed by atoms with Gasteiger partial charge in [-0.25, -0.2) is 19.3 Å². The molecule has 8 heteroatoms. The van der Waals surface area contributed by atoms with Gasteiger partial charge in [0.1, 0.15) is 16.7 Å². The van der Waals surface area contributed by atoms with Crippen molar-refractivity contribution in [2.45, 2.75) is 31.7 Å². The van der Waals surface area contributed by atoms with Crippen molar-refractivity contribution in [2.24, 2.45) is 0 Å². The third-order valence-corrected chi connectivity index (χ3v) is 5.32. The molecule has 0 saturated heterocycles. The number of carbonyl (C=O) groups is 1. The monoisotopic (exact) mass is 402 g/mol. The van der Waals surface area contributed by atoms with Crippen molar-refractivity contribution in [1.82, 2.24) is 15.0 Å². The van der Waals surface area contributed by atoms with Crippen LogP contribution >= 0.6 is 23.1 Å². The van der Waals surface area contributed by atoms with Crippen LogP contribution in [0.3, 0.4) is 0 Å². The van der Waals surface area contributed by atoms with Gasteiger partial charge in [-0.15, -0.1) is 23.1 Å². The molecule has 3 rings (SSSR count). The topological polar surface area (TPSA) is 67.8 Å². The molecule has 0 bridgehead atoms. The largest absolute Gasteiger partial charge is 0.298 e. The molecule has 0 aliphatic carbocycles. The predicted molar refractivity (Wildman–Crippen MR) is 108 cm³/mol. The zero-order valence-electron chi connectivity index (χ0n) is 15.4. The van der Waals surface area contributed by atoms with Gasteiger partial charge in [-0.05, 0) is 37.4 Å². The van der Waals surface area contributed by atoms with Gasteiger partial charge in [-0.1, -0.05) is 13.8 Å². The first-order valence-electron chi connectivity index (χ1n) is 8.34. The number of hydrogen-bond acceptors (Lipinski definition) is 6. The summed E-state index contributed by atoms with van der Waals surface area (Å²) in [6, 6.07) is 6.08. The smallest absolute Gasteiger partial charge is 0.262 e. The van der Waals surface area contributed by atoms with Gasteiger partial charge >= 0.3 is 0 Å². The van der Waals surface area contributed by atoms with Crippen molar-refractivity contribution in [1.29, 1.82) is 0 Å². The van der Waals surface area contributed by atoms with Crippen LogP contribution < -0.4 is 5.32 Å². The SMILES string of the molecule is CSc1nc(C(C)C)nc(C)c1C(=O)Nc1nc(-c2ccc(F)cc2)cs1. The summed E-state index contributed by atoms with van der Waals surface area (Å²) in [6.07, 6.45) is 1.89. The lowest BCUT2D eigenvalue weighted by atomic mass is 10.1. The van der Waals surface area contributed by atoms with Crippen molar-refractivity contribution in [2.75, 3.05) is 11.6 Å². The van der Waals surface area contributed by atoms with E-state index < -0.39 is 0 Å². The van der Waals surface area contributed by atoms with Gasteiger partial charge in [0.25, 0.3) is 5.91 Å². The molecular formula is C19H19FN4OS2. The number of aromatic nitrogens is 3. The highest BCUT2D eigenvalue weighted by atomic mass is 32.2.